The molecule has 2 heterocycles. The third kappa shape index (κ3) is 4.59. The summed E-state index contributed by atoms with van der Waals surface area (Å²) >= 11 is 12.2. The van der Waals surface area contributed by atoms with Gasteiger partial charge in [0, 0.05) is 29.2 Å². The molecule has 0 atom stereocenters. The fourth-order valence-electron chi connectivity index (χ4n) is 2.47. The van der Waals surface area contributed by atoms with E-state index in [-0.39, 0.29) is 5.95 Å². The van der Waals surface area contributed by atoms with Crippen molar-refractivity contribution < 1.29 is 0 Å². The molecule has 0 saturated carbocycles. The lowest BCUT2D eigenvalue weighted by molar-refractivity contribution is 0.299. The van der Waals surface area contributed by atoms with Crippen molar-refractivity contribution in [2.45, 2.75) is 47.7 Å². The van der Waals surface area contributed by atoms with Gasteiger partial charge in [0.2, 0.25) is 5.95 Å². The first kappa shape index (κ1) is 20.7. The van der Waals surface area contributed by atoms with Gasteiger partial charge >= 0.3 is 0 Å². The molecule has 0 unspecified atom stereocenters. The lowest BCUT2D eigenvalue weighted by Gasteiger charge is -2.11. The zero-order valence-corrected chi connectivity index (χ0v) is 16.5. The molecule has 1 aromatic heterocycles. The van der Waals surface area contributed by atoms with Crippen LogP contribution in [0.5, 0.6) is 0 Å². The summed E-state index contributed by atoms with van der Waals surface area (Å²) in [6, 6.07) is 5.40. The molecule has 0 amide bonds. The molecule has 0 bridgehead atoms. The summed E-state index contributed by atoms with van der Waals surface area (Å²) < 4.78 is 0. The molecular weight excluding hydrogens is 343 g/mol. The number of rotatable bonds is 2. The maximum Gasteiger partial charge on any atom is 0.220 e. The summed E-state index contributed by atoms with van der Waals surface area (Å²) in [7, 11) is 0. The third-order valence-corrected chi connectivity index (χ3v) is 4.05. The molecule has 132 valence electrons. The molecule has 0 spiro atoms. The van der Waals surface area contributed by atoms with Crippen molar-refractivity contribution in [3.63, 3.8) is 0 Å². The first-order chi connectivity index (χ1) is 11.6. The first-order valence-corrected chi connectivity index (χ1v) is 9.17. The van der Waals surface area contributed by atoms with E-state index >= 15 is 0 Å². The van der Waals surface area contributed by atoms with E-state index in [4.69, 9.17) is 28.9 Å². The zero-order chi connectivity index (χ0) is 18.3. The van der Waals surface area contributed by atoms with E-state index in [0.29, 0.717) is 10.0 Å². The Balaban J connectivity index is 0.000000671. The highest BCUT2D eigenvalue weighted by Gasteiger charge is 2.25. The van der Waals surface area contributed by atoms with E-state index in [0.717, 1.165) is 42.1 Å². The molecule has 3 rings (SSSR count). The average Bonchev–Trinajstić information content (AvgIpc) is 3.01. The van der Waals surface area contributed by atoms with E-state index in [1.807, 2.05) is 33.8 Å². The minimum atomic E-state index is 0.280. The monoisotopic (exact) mass is 368 g/mol. The van der Waals surface area contributed by atoms with Gasteiger partial charge in [-0.15, -0.1) is 0 Å². The fourth-order valence-corrected chi connectivity index (χ4v) is 2.96. The Labute approximate surface area is 155 Å². The number of hydrogen-bond donors (Lipinski definition) is 1. The van der Waals surface area contributed by atoms with Crippen LogP contribution in [0, 0.1) is 0 Å². The second-order valence-electron chi connectivity index (χ2n) is 4.78. The lowest BCUT2D eigenvalue weighted by atomic mass is 10.1. The highest BCUT2D eigenvalue weighted by molar-refractivity contribution is 6.36. The van der Waals surface area contributed by atoms with Crippen LogP contribution in [0.1, 0.15) is 45.9 Å². The molecule has 2 aromatic rings. The van der Waals surface area contributed by atoms with Crippen LogP contribution in [-0.2, 0) is 13.1 Å². The Kier molecular flexibility index (Phi) is 8.46. The molecular formula is C18H26Cl2N4. The number of halogens is 2. The van der Waals surface area contributed by atoms with Crippen LogP contribution in [0.4, 0.5) is 5.95 Å². The third-order valence-electron chi connectivity index (χ3n) is 3.50. The van der Waals surface area contributed by atoms with E-state index in [9.17, 15) is 0 Å². The van der Waals surface area contributed by atoms with Gasteiger partial charge < -0.3 is 5.73 Å². The van der Waals surface area contributed by atoms with Crippen LogP contribution < -0.4 is 5.73 Å². The van der Waals surface area contributed by atoms with E-state index < -0.39 is 0 Å². The summed E-state index contributed by atoms with van der Waals surface area (Å²) in [5, 5.41) is 1.18. The van der Waals surface area contributed by atoms with Gasteiger partial charge in [0.15, 0.2) is 0 Å². The van der Waals surface area contributed by atoms with Gasteiger partial charge in [0.25, 0.3) is 0 Å². The van der Waals surface area contributed by atoms with Crippen LogP contribution in [0.3, 0.4) is 0 Å². The number of nitrogens with zero attached hydrogens (tertiary/aromatic N) is 3. The van der Waals surface area contributed by atoms with Gasteiger partial charge in [-0.05, 0) is 24.7 Å². The summed E-state index contributed by atoms with van der Waals surface area (Å²) in [6.07, 6.45) is 0. The molecule has 0 aliphatic carbocycles. The zero-order valence-electron chi connectivity index (χ0n) is 15.0. The minimum absolute atomic E-state index is 0.280. The average molecular weight is 369 g/mol. The Morgan fingerprint density at radius 2 is 1.75 bits per heavy atom. The fraction of sp³-hybridized carbons (Fsp3) is 0.444. The Morgan fingerprint density at radius 3 is 2.33 bits per heavy atom. The molecule has 24 heavy (non-hydrogen) atoms. The quantitative estimate of drug-likeness (QED) is 0.768. The summed E-state index contributed by atoms with van der Waals surface area (Å²) in [5.74, 6) is 0.280. The topological polar surface area (TPSA) is 55.0 Å². The highest BCUT2D eigenvalue weighted by Crippen LogP contribution is 2.35. The largest absolute Gasteiger partial charge is 0.368 e. The number of anilines is 1. The van der Waals surface area contributed by atoms with Crippen molar-refractivity contribution in [2.75, 3.05) is 12.3 Å². The number of nitrogens with two attached hydrogens (primary N) is 1. The van der Waals surface area contributed by atoms with Crippen molar-refractivity contribution in [1.82, 2.24) is 14.9 Å². The van der Waals surface area contributed by atoms with Crippen LogP contribution >= 0.6 is 23.2 Å². The maximum absolute atomic E-state index is 6.29. The molecule has 0 saturated heterocycles. The number of hydrogen-bond acceptors (Lipinski definition) is 4. The highest BCUT2D eigenvalue weighted by atomic mass is 35.5. The van der Waals surface area contributed by atoms with Gasteiger partial charge in [0.05, 0.1) is 16.4 Å². The first-order valence-electron chi connectivity index (χ1n) is 8.41. The molecule has 4 nitrogen and oxygen atoms in total. The molecule has 1 aromatic carbocycles. The van der Waals surface area contributed by atoms with E-state index in [2.05, 4.69) is 21.8 Å². The number of aromatic nitrogens is 2. The van der Waals surface area contributed by atoms with Crippen molar-refractivity contribution in [2.24, 2.45) is 0 Å². The normalized spacial score (nSPS) is 12.6. The predicted octanol–water partition coefficient (Wildman–Crippen LogP) is 5.42. The summed E-state index contributed by atoms with van der Waals surface area (Å²) in [5.41, 5.74) is 9.57. The maximum atomic E-state index is 6.29. The molecule has 0 fully saturated rings. The number of benzene rings is 1. The van der Waals surface area contributed by atoms with Crippen LogP contribution in [0.2, 0.25) is 10.0 Å². The van der Waals surface area contributed by atoms with Crippen LogP contribution in [0.15, 0.2) is 18.2 Å². The van der Waals surface area contributed by atoms with Gasteiger partial charge in [-0.3, -0.25) is 4.90 Å². The summed E-state index contributed by atoms with van der Waals surface area (Å²) in [6.45, 7) is 12.7. The summed E-state index contributed by atoms with van der Waals surface area (Å²) in [4.78, 5) is 11.0. The number of nitrogen functional groups attached to an aromatic ring is 1. The van der Waals surface area contributed by atoms with E-state index in [1.165, 1.54) is 0 Å². The van der Waals surface area contributed by atoms with Gasteiger partial charge in [0.1, 0.15) is 0 Å². The van der Waals surface area contributed by atoms with Crippen LogP contribution in [0.25, 0.3) is 11.3 Å². The van der Waals surface area contributed by atoms with Gasteiger partial charge in [-0.1, -0.05) is 57.8 Å². The predicted molar refractivity (Wildman–Crippen MR) is 104 cm³/mol. The van der Waals surface area contributed by atoms with Gasteiger partial charge in [-0.2, -0.15) is 0 Å². The molecule has 1 aliphatic heterocycles. The van der Waals surface area contributed by atoms with Crippen molar-refractivity contribution in [1.29, 1.82) is 0 Å². The van der Waals surface area contributed by atoms with Crippen molar-refractivity contribution in [3.8, 4) is 11.3 Å². The van der Waals surface area contributed by atoms with E-state index in [1.54, 1.807) is 12.1 Å². The Hall–Kier alpha value is -1.36. The molecule has 2 N–H and O–H groups in total. The Morgan fingerprint density at radius 1 is 1.08 bits per heavy atom. The van der Waals surface area contributed by atoms with Crippen molar-refractivity contribution in [3.05, 3.63) is 39.5 Å². The lowest BCUT2D eigenvalue weighted by Crippen LogP contribution is -2.14. The smallest absolute Gasteiger partial charge is 0.220 e. The van der Waals surface area contributed by atoms with Crippen LogP contribution in [-0.4, -0.2) is 21.4 Å². The molecule has 1 aliphatic rings. The standard InChI is InChI=1S/C14H14Cl2N4.2C2H6/c1-2-20-6-10-12(7-20)18-14(17)19-13(10)9-4-3-8(15)5-11(9)16;2*1-2/h3-5H,2,6-7H2,1H3,(H2,17,18,19);2*1-2H3. The molecule has 6 heteroatoms. The second kappa shape index (κ2) is 9.82. The number of fused-ring (bicyclic) bond motifs is 1. The van der Waals surface area contributed by atoms with Crippen molar-refractivity contribution >= 4 is 29.2 Å². The SMILES string of the molecule is CC.CC.CCN1Cc2nc(N)nc(-c3ccc(Cl)cc3Cl)c2C1. The Bertz CT molecular complexity index is 674. The second-order valence-corrected chi connectivity index (χ2v) is 5.63. The molecule has 0 radical (unpaired) electrons. The van der Waals surface area contributed by atoms with Gasteiger partial charge in [-0.25, -0.2) is 9.97 Å². The minimum Gasteiger partial charge on any atom is -0.368 e.